The fourth-order valence-corrected chi connectivity index (χ4v) is 3.61. The Morgan fingerprint density at radius 2 is 1.83 bits per heavy atom. The third-order valence-corrected chi connectivity index (χ3v) is 5.44. The smallest absolute Gasteiger partial charge is 0.355 e. The lowest BCUT2D eigenvalue weighted by Gasteiger charge is -2.05. The van der Waals surface area contributed by atoms with Crippen molar-refractivity contribution >= 4 is 50.6 Å². The average molecular weight is 367 g/mol. The van der Waals surface area contributed by atoms with Gasteiger partial charge in [-0.25, -0.2) is 4.79 Å². The summed E-state index contributed by atoms with van der Waals surface area (Å²) in [6.45, 7) is 1.85. The van der Waals surface area contributed by atoms with E-state index in [-0.39, 0.29) is 0 Å². The summed E-state index contributed by atoms with van der Waals surface area (Å²) in [6.07, 6.45) is 0. The Bertz CT molecular complexity index is 902. The van der Waals surface area contributed by atoms with Gasteiger partial charge in [-0.3, -0.25) is 0 Å². The van der Waals surface area contributed by atoms with Crippen LogP contribution in [0.4, 0.5) is 0 Å². The average Bonchev–Trinajstić information content (AvgIpc) is 2.87. The van der Waals surface area contributed by atoms with E-state index in [1.54, 1.807) is 31.4 Å². The van der Waals surface area contributed by atoms with E-state index in [4.69, 9.17) is 32.7 Å². The van der Waals surface area contributed by atoms with Crippen molar-refractivity contribution in [3.05, 3.63) is 56.9 Å². The van der Waals surface area contributed by atoms with Crippen LogP contribution >= 0.6 is 34.5 Å². The Kier molecular flexibility index (Phi) is 4.48. The van der Waals surface area contributed by atoms with Crippen LogP contribution in [0.1, 0.15) is 15.2 Å². The van der Waals surface area contributed by atoms with Gasteiger partial charge in [0.05, 0.1) is 12.1 Å². The number of hydrogen-bond donors (Lipinski definition) is 0. The Hall–Kier alpha value is -1.75. The molecule has 1 heterocycles. The van der Waals surface area contributed by atoms with Crippen LogP contribution in [0.25, 0.3) is 10.1 Å². The van der Waals surface area contributed by atoms with Crippen molar-refractivity contribution in [3.63, 3.8) is 0 Å². The number of carbonyl (C=O) groups excluding carboxylic acids is 1. The predicted octanol–water partition coefficient (Wildman–Crippen LogP) is 5.74. The van der Waals surface area contributed by atoms with Crippen LogP contribution in [0, 0.1) is 6.92 Å². The molecule has 0 N–H and O–H groups in total. The van der Waals surface area contributed by atoms with Gasteiger partial charge in [-0.1, -0.05) is 23.2 Å². The van der Waals surface area contributed by atoms with Crippen molar-refractivity contribution in [1.82, 2.24) is 0 Å². The summed E-state index contributed by atoms with van der Waals surface area (Å²) >= 11 is 13.6. The highest BCUT2D eigenvalue weighted by Gasteiger charge is 2.19. The van der Waals surface area contributed by atoms with Crippen molar-refractivity contribution in [2.75, 3.05) is 7.11 Å². The molecule has 23 heavy (non-hydrogen) atoms. The molecule has 0 spiro atoms. The first-order valence-electron chi connectivity index (χ1n) is 6.74. The summed E-state index contributed by atoms with van der Waals surface area (Å²) in [6, 6.07) is 10.6. The van der Waals surface area contributed by atoms with E-state index in [1.807, 2.05) is 19.1 Å². The topological polar surface area (TPSA) is 35.5 Å². The maximum atomic E-state index is 12.4. The Morgan fingerprint density at radius 3 is 2.52 bits per heavy atom. The van der Waals surface area contributed by atoms with Crippen molar-refractivity contribution < 1.29 is 14.3 Å². The van der Waals surface area contributed by atoms with Gasteiger partial charge in [0, 0.05) is 15.1 Å². The van der Waals surface area contributed by atoms with Crippen LogP contribution < -0.4 is 9.47 Å². The molecule has 3 nitrogen and oxygen atoms in total. The Morgan fingerprint density at radius 1 is 1.09 bits per heavy atom. The first kappa shape index (κ1) is 16.1. The highest BCUT2D eigenvalue weighted by molar-refractivity contribution is 7.21. The van der Waals surface area contributed by atoms with Crippen LogP contribution in [0.15, 0.2) is 36.4 Å². The second-order valence-electron chi connectivity index (χ2n) is 4.91. The lowest BCUT2D eigenvalue weighted by atomic mass is 10.2. The lowest BCUT2D eigenvalue weighted by Crippen LogP contribution is -2.07. The molecule has 3 rings (SSSR count). The number of halogens is 2. The minimum absolute atomic E-state index is 0.363. The molecule has 0 bridgehead atoms. The number of esters is 1. The van der Waals surface area contributed by atoms with Crippen LogP contribution in [-0.2, 0) is 0 Å². The molecular weight excluding hydrogens is 355 g/mol. The highest BCUT2D eigenvalue weighted by atomic mass is 35.5. The molecule has 118 valence electrons. The van der Waals surface area contributed by atoms with Gasteiger partial charge in [0.2, 0.25) is 0 Å². The first-order chi connectivity index (χ1) is 11.0. The summed E-state index contributed by atoms with van der Waals surface area (Å²) in [5, 5.41) is 1.77. The van der Waals surface area contributed by atoms with Crippen LogP contribution in [-0.4, -0.2) is 13.1 Å². The first-order valence-corrected chi connectivity index (χ1v) is 8.31. The SMILES string of the molecule is COc1ccc2sc(C(=O)Oc3ccc(Cl)c(C)c3)c(Cl)c2c1. The Balaban J connectivity index is 1.94. The molecule has 6 heteroatoms. The summed E-state index contributed by atoms with van der Waals surface area (Å²) < 4.78 is 11.5. The van der Waals surface area contributed by atoms with Gasteiger partial charge in [0.25, 0.3) is 0 Å². The highest BCUT2D eigenvalue weighted by Crippen LogP contribution is 2.38. The Labute approximate surface area is 147 Å². The number of methoxy groups -OCH3 is 1. The minimum atomic E-state index is -0.489. The molecule has 0 saturated heterocycles. The van der Waals surface area contributed by atoms with E-state index >= 15 is 0 Å². The maximum Gasteiger partial charge on any atom is 0.355 e. The largest absolute Gasteiger partial charge is 0.497 e. The van der Waals surface area contributed by atoms with Crippen molar-refractivity contribution in [1.29, 1.82) is 0 Å². The molecule has 0 amide bonds. The van der Waals surface area contributed by atoms with Gasteiger partial charge in [-0.15, -0.1) is 11.3 Å². The molecular formula is C17H12Cl2O3S. The van der Waals surface area contributed by atoms with E-state index in [1.165, 1.54) is 11.3 Å². The zero-order valence-corrected chi connectivity index (χ0v) is 14.7. The van der Waals surface area contributed by atoms with Crippen LogP contribution in [0.2, 0.25) is 10.0 Å². The quantitative estimate of drug-likeness (QED) is 0.437. The van der Waals surface area contributed by atoms with E-state index in [9.17, 15) is 4.79 Å². The zero-order chi connectivity index (χ0) is 16.6. The van der Waals surface area contributed by atoms with E-state index in [0.717, 1.165) is 15.6 Å². The maximum absolute atomic E-state index is 12.4. The molecule has 0 unspecified atom stereocenters. The standard InChI is InChI=1S/C17H12Cl2O3S/c1-9-7-11(3-5-13(9)18)22-17(20)16-15(19)12-8-10(21-2)4-6-14(12)23-16/h3-8H,1-2H3. The second kappa shape index (κ2) is 6.40. The normalized spacial score (nSPS) is 10.8. The fraction of sp³-hybridized carbons (Fsp3) is 0.118. The number of ether oxygens (including phenoxy) is 2. The van der Waals surface area contributed by atoms with E-state index in [0.29, 0.717) is 26.4 Å². The number of rotatable bonds is 3. The van der Waals surface area contributed by atoms with E-state index in [2.05, 4.69) is 0 Å². The van der Waals surface area contributed by atoms with E-state index < -0.39 is 5.97 Å². The number of fused-ring (bicyclic) bond motifs is 1. The molecule has 0 radical (unpaired) electrons. The zero-order valence-electron chi connectivity index (χ0n) is 12.4. The monoisotopic (exact) mass is 366 g/mol. The van der Waals surface area contributed by atoms with Gasteiger partial charge in [0.1, 0.15) is 16.4 Å². The van der Waals surface area contributed by atoms with Crippen molar-refractivity contribution in [3.8, 4) is 11.5 Å². The number of thiophene rings is 1. The minimum Gasteiger partial charge on any atom is -0.497 e. The molecule has 1 aromatic heterocycles. The van der Waals surface area contributed by atoms with Gasteiger partial charge in [0.15, 0.2) is 0 Å². The van der Waals surface area contributed by atoms with Crippen LogP contribution in [0.5, 0.6) is 11.5 Å². The number of benzene rings is 2. The van der Waals surface area contributed by atoms with Gasteiger partial charge in [-0.2, -0.15) is 0 Å². The molecule has 3 aromatic rings. The van der Waals surface area contributed by atoms with Gasteiger partial charge in [-0.05, 0) is 48.9 Å². The lowest BCUT2D eigenvalue weighted by molar-refractivity contribution is 0.0740. The molecule has 0 saturated carbocycles. The van der Waals surface area contributed by atoms with Crippen LogP contribution in [0.3, 0.4) is 0 Å². The molecule has 0 aliphatic rings. The van der Waals surface area contributed by atoms with Crippen molar-refractivity contribution in [2.24, 2.45) is 0 Å². The van der Waals surface area contributed by atoms with Gasteiger partial charge >= 0.3 is 5.97 Å². The summed E-state index contributed by atoms with van der Waals surface area (Å²) in [5.74, 6) is 0.630. The third-order valence-electron chi connectivity index (χ3n) is 3.36. The predicted molar refractivity (Wildman–Crippen MR) is 94.5 cm³/mol. The fourth-order valence-electron chi connectivity index (χ4n) is 2.14. The summed E-state index contributed by atoms with van der Waals surface area (Å²) in [7, 11) is 1.58. The number of hydrogen-bond acceptors (Lipinski definition) is 4. The number of aryl methyl sites for hydroxylation is 1. The van der Waals surface area contributed by atoms with Gasteiger partial charge < -0.3 is 9.47 Å². The molecule has 0 fully saturated rings. The molecule has 2 aromatic carbocycles. The molecule has 0 aliphatic heterocycles. The third kappa shape index (κ3) is 3.15. The number of carbonyl (C=O) groups is 1. The molecule has 0 aliphatic carbocycles. The van der Waals surface area contributed by atoms with Crippen molar-refractivity contribution in [2.45, 2.75) is 6.92 Å². The second-order valence-corrected chi connectivity index (χ2v) is 6.75. The summed E-state index contributed by atoms with van der Waals surface area (Å²) in [5.41, 5.74) is 0.837. The molecule has 0 atom stereocenters. The summed E-state index contributed by atoms with van der Waals surface area (Å²) in [4.78, 5) is 12.8.